The van der Waals surface area contributed by atoms with Crippen LogP contribution in [0.5, 0.6) is 5.75 Å². The van der Waals surface area contributed by atoms with Crippen molar-refractivity contribution in [3.05, 3.63) is 59.4 Å². The fraction of sp³-hybridized carbons (Fsp3) is 0.200. The zero-order valence-electron chi connectivity index (χ0n) is 14.1. The van der Waals surface area contributed by atoms with Gasteiger partial charge in [-0.25, -0.2) is 4.39 Å². The average Bonchev–Trinajstić information content (AvgIpc) is 3.17. The van der Waals surface area contributed by atoms with Crippen molar-refractivity contribution in [2.75, 3.05) is 23.3 Å². The van der Waals surface area contributed by atoms with Crippen molar-refractivity contribution >= 4 is 23.4 Å². The van der Waals surface area contributed by atoms with Gasteiger partial charge in [0.1, 0.15) is 23.2 Å². The lowest BCUT2D eigenvalue weighted by molar-refractivity contribution is -0.112. The van der Waals surface area contributed by atoms with Gasteiger partial charge in [0.05, 0.1) is 0 Å². The number of carbonyl (C=O) groups is 1. The SMILES string of the molecule is N#C/C(=C/c1ccc(N2CCCC2)cc1F)C(=O)Nc1ccc(O)cc1. The Balaban J connectivity index is 1.78. The van der Waals surface area contributed by atoms with Gasteiger partial charge < -0.3 is 15.3 Å². The maximum absolute atomic E-state index is 14.4. The van der Waals surface area contributed by atoms with Crippen LogP contribution in [-0.2, 0) is 4.79 Å². The molecule has 0 aliphatic carbocycles. The molecular weight excluding hydrogens is 333 g/mol. The van der Waals surface area contributed by atoms with E-state index in [1.54, 1.807) is 18.2 Å². The number of hydrogen-bond acceptors (Lipinski definition) is 4. The highest BCUT2D eigenvalue weighted by atomic mass is 19.1. The van der Waals surface area contributed by atoms with Crippen molar-refractivity contribution in [1.82, 2.24) is 0 Å². The Hall–Kier alpha value is -3.33. The molecule has 2 aromatic carbocycles. The van der Waals surface area contributed by atoms with Crippen molar-refractivity contribution in [1.29, 1.82) is 5.26 Å². The first kappa shape index (κ1) is 17.5. The van der Waals surface area contributed by atoms with E-state index in [4.69, 9.17) is 0 Å². The van der Waals surface area contributed by atoms with Gasteiger partial charge in [-0.05, 0) is 61.4 Å². The smallest absolute Gasteiger partial charge is 0.266 e. The van der Waals surface area contributed by atoms with Crippen molar-refractivity contribution in [2.45, 2.75) is 12.8 Å². The summed E-state index contributed by atoms with van der Waals surface area (Å²) in [6.07, 6.45) is 3.43. The molecule has 5 nitrogen and oxygen atoms in total. The molecule has 1 heterocycles. The number of nitrogens with one attached hydrogen (secondary N) is 1. The summed E-state index contributed by atoms with van der Waals surface area (Å²) in [6, 6.07) is 12.5. The molecule has 2 aromatic rings. The topological polar surface area (TPSA) is 76.4 Å². The molecule has 0 saturated carbocycles. The Morgan fingerprint density at radius 3 is 2.50 bits per heavy atom. The molecule has 3 rings (SSSR count). The first-order valence-corrected chi connectivity index (χ1v) is 8.33. The minimum absolute atomic E-state index is 0.0687. The minimum Gasteiger partial charge on any atom is -0.508 e. The summed E-state index contributed by atoms with van der Waals surface area (Å²) in [5.41, 5.74) is 1.22. The van der Waals surface area contributed by atoms with Crippen LogP contribution >= 0.6 is 0 Å². The highest BCUT2D eigenvalue weighted by Gasteiger charge is 2.15. The van der Waals surface area contributed by atoms with Crippen LogP contribution in [0.2, 0.25) is 0 Å². The van der Waals surface area contributed by atoms with Crippen molar-refractivity contribution in [2.24, 2.45) is 0 Å². The molecule has 1 amide bonds. The standard InChI is InChI=1S/C20H18FN3O2/c21-19-12-17(24-9-1-2-10-24)6-3-14(19)11-15(13-22)20(26)23-16-4-7-18(25)8-5-16/h3-8,11-12,25H,1-2,9-10H2,(H,23,26)/b15-11-. The third kappa shape index (κ3) is 4.01. The van der Waals surface area contributed by atoms with E-state index >= 15 is 0 Å². The van der Waals surface area contributed by atoms with Crippen LogP contribution in [0, 0.1) is 17.1 Å². The van der Waals surface area contributed by atoms with Gasteiger partial charge in [0.2, 0.25) is 0 Å². The lowest BCUT2D eigenvalue weighted by atomic mass is 10.1. The predicted molar refractivity (Wildman–Crippen MR) is 98.2 cm³/mol. The molecule has 2 N–H and O–H groups in total. The summed E-state index contributed by atoms with van der Waals surface area (Å²) in [4.78, 5) is 14.3. The zero-order chi connectivity index (χ0) is 18.5. The van der Waals surface area contributed by atoms with Crippen LogP contribution in [0.1, 0.15) is 18.4 Å². The van der Waals surface area contributed by atoms with E-state index in [1.807, 2.05) is 0 Å². The normalized spacial score (nSPS) is 14.2. The summed E-state index contributed by atoms with van der Waals surface area (Å²) in [5.74, 6) is -1.04. The second-order valence-corrected chi connectivity index (χ2v) is 6.07. The van der Waals surface area contributed by atoms with E-state index in [0.717, 1.165) is 31.6 Å². The van der Waals surface area contributed by atoms with E-state index in [2.05, 4.69) is 10.2 Å². The quantitative estimate of drug-likeness (QED) is 0.500. The molecule has 0 spiro atoms. The molecule has 1 saturated heterocycles. The Bertz CT molecular complexity index is 879. The minimum atomic E-state index is -0.638. The van der Waals surface area contributed by atoms with Crippen LogP contribution < -0.4 is 10.2 Å². The maximum atomic E-state index is 14.4. The number of nitrogens with zero attached hydrogens (tertiary/aromatic N) is 2. The summed E-state index contributed by atoms with van der Waals surface area (Å²) >= 11 is 0. The Labute approximate surface area is 151 Å². The molecular formula is C20H18FN3O2. The fourth-order valence-corrected chi connectivity index (χ4v) is 2.85. The number of aromatic hydroxyl groups is 1. The van der Waals surface area contributed by atoms with E-state index in [-0.39, 0.29) is 16.9 Å². The number of nitriles is 1. The van der Waals surface area contributed by atoms with Gasteiger partial charge in [-0.2, -0.15) is 5.26 Å². The molecule has 26 heavy (non-hydrogen) atoms. The van der Waals surface area contributed by atoms with Crippen molar-refractivity contribution in [3.63, 3.8) is 0 Å². The number of phenolic OH excluding ortho intramolecular Hbond substituents is 1. The van der Waals surface area contributed by atoms with Crippen LogP contribution in [-0.4, -0.2) is 24.1 Å². The van der Waals surface area contributed by atoms with Crippen molar-refractivity contribution in [3.8, 4) is 11.8 Å². The van der Waals surface area contributed by atoms with Gasteiger partial charge in [-0.3, -0.25) is 4.79 Å². The van der Waals surface area contributed by atoms with Gasteiger partial charge in [0.25, 0.3) is 5.91 Å². The number of halogens is 1. The van der Waals surface area contributed by atoms with Crippen LogP contribution in [0.4, 0.5) is 15.8 Å². The number of hydrogen-bond donors (Lipinski definition) is 2. The van der Waals surface area contributed by atoms with Gasteiger partial charge in [-0.1, -0.05) is 0 Å². The van der Waals surface area contributed by atoms with E-state index in [0.29, 0.717) is 5.69 Å². The van der Waals surface area contributed by atoms with Crippen LogP contribution in [0.3, 0.4) is 0 Å². The van der Waals surface area contributed by atoms with E-state index < -0.39 is 11.7 Å². The number of rotatable bonds is 4. The zero-order valence-corrected chi connectivity index (χ0v) is 14.1. The third-order valence-corrected chi connectivity index (χ3v) is 4.25. The molecule has 1 aliphatic rings. The van der Waals surface area contributed by atoms with E-state index in [9.17, 15) is 19.6 Å². The molecule has 0 radical (unpaired) electrons. The second kappa shape index (κ2) is 7.70. The first-order chi connectivity index (χ1) is 12.6. The third-order valence-electron chi connectivity index (χ3n) is 4.25. The maximum Gasteiger partial charge on any atom is 0.266 e. The predicted octanol–water partition coefficient (Wildman–Crippen LogP) is 3.68. The lowest BCUT2D eigenvalue weighted by Crippen LogP contribution is -2.17. The second-order valence-electron chi connectivity index (χ2n) is 6.07. The molecule has 6 heteroatoms. The molecule has 0 unspecified atom stereocenters. The Morgan fingerprint density at radius 2 is 1.88 bits per heavy atom. The largest absolute Gasteiger partial charge is 0.508 e. The summed E-state index contributed by atoms with van der Waals surface area (Å²) < 4.78 is 14.4. The monoisotopic (exact) mass is 351 g/mol. The average molecular weight is 351 g/mol. The molecule has 0 bridgehead atoms. The molecule has 1 fully saturated rings. The molecule has 0 aromatic heterocycles. The number of anilines is 2. The lowest BCUT2D eigenvalue weighted by Gasteiger charge is -2.17. The van der Waals surface area contributed by atoms with E-state index in [1.165, 1.54) is 36.4 Å². The summed E-state index contributed by atoms with van der Waals surface area (Å²) in [7, 11) is 0. The first-order valence-electron chi connectivity index (χ1n) is 8.33. The number of amides is 1. The number of benzene rings is 2. The van der Waals surface area contributed by atoms with Gasteiger partial charge in [-0.15, -0.1) is 0 Å². The number of phenols is 1. The molecule has 0 atom stereocenters. The van der Waals surface area contributed by atoms with Gasteiger partial charge >= 0.3 is 0 Å². The fourth-order valence-electron chi connectivity index (χ4n) is 2.85. The van der Waals surface area contributed by atoms with Gasteiger partial charge in [0.15, 0.2) is 0 Å². The molecule has 132 valence electrons. The Kier molecular flexibility index (Phi) is 5.18. The summed E-state index contributed by atoms with van der Waals surface area (Å²) in [5, 5.41) is 21.0. The summed E-state index contributed by atoms with van der Waals surface area (Å²) in [6.45, 7) is 1.82. The van der Waals surface area contributed by atoms with Gasteiger partial charge in [0, 0.05) is 30.0 Å². The van der Waals surface area contributed by atoms with Crippen LogP contribution in [0.25, 0.3) is 6.08 Å². The number of carbonyl (C=O) groups excluding carboxylic acids is 1. The van der Waals surface area contributed by atoms with Crippen molar-refractivity contribution < 1.29 is 14.3 Å². The highest BCUT2D eigenvalue weighted by Crippen LogP contribution is 2.24. The van der Waals surface area contributed by atoms with Crippen LogP contribution in [0.15, 0.2) is 48.0 Å². The molecule has 1 aliphatic heterocycles. The Morgan fingerprint density at radius 1 is 1.19 bits per heavy atom. The highest BCUT2D eigenvalue weighted by molar-refractivity contribution is 6.09.